The Morgan fingerprint density at radius 1 is 1.10 bits per heavy atom. The molecule has 0 aromatic heterocycles. The van der Waals surface area contributed by atoms with E-state index in [0.29, 0.717) is 18.0 Å². The highest BCUT2D eigenvalue weighted by Crippen LogP contribution is 2.32. The molecule has 0 heterocycles. The number of hydrogen-bond donors (Lipinski definition) is 1. The zero-order valence-corrected chi connectivity index (χ0v) is 14.2. The van der Waals surface area contributed by atoms with Crippen molar-refractivity contribution in [2.75, 3.05) is 6.61 Å². The number of rotatable bonds is 6. The highest BCUT2D eigenvalue weighted by molar-refractivity contribution is 5.29. The number of hydrogen-bond acceptors (Lipinski definition) is 2. The molecular formula is C19H31NO. The topological polar surface area (TPSA) is 21.3 Å². The Bertz CT molecular complexity index is 426. The van der Waals surface area contributed by atoms with E-state index in [4.69, 9.17) is 4.74 Å². The largest absolute Gasteiger partial charge is 0.493 e. The molecule has 1 saturated carbocycles. The number of benzene rings is 1. The molecule has 1 aliphatic carbocycles. The van der Waals surface area contributed by atoms with Gasteiger partial charge in [-0.1, -0.05) is 39.8 Å². The average Bonchev–Trinajstić information content (AvgIpc) is 2.77. The van der Waals surface area contributed by atoms with Gasteiger partial charge in [0.2, 0.25) is 0 Å². The van der Waals surface area contributed by atoms with Crippen molar-refractivity contribution in [1.82, 2.24) is 5.32 Å². The minimum Gasteiger partial charge on any atom is -0.493 e. The SMILES string of the molecule is CC(C)COc1ccc(C(C)NC2CCC(C)C2C)cc1. The van der Waals surface area contributed by atoms with Crippen LogP contribution in [0.15, 0.2) is 24.3 Å². The van der Waals surface area contributed by atoms with Crippen LogP contribution < -0.4 is 10.1 Å². The number of ether oxygens (including phenoxy) is 1. The van der Waals surface area contributed by atoms with Gasteiger partial charge in [-0.3, -0.25) is 0 Å². The second kappa shape index (κ2) is 7.31. The van der Waals surface area contributed by atoms with Crippen molar-refractivity contribution < 1.29 is 4.74 Å². The molecule has 1 aliphatic rings. The van der Waals surface area contributed by atoms with E-state index >= 15 is 0 Å². The first-order valence-electron chi connectivity index (χ1n) is 8.46. The molecule has 21 heavy (non-hydrogen) atoms. The lowest BCUT2D eigenvalue weighted by molar-refractivity contribution is 0.271. The number of nitrogens with one attached hydrogen (secondary N) is 1. The van der Waals surface area contributed by atoms with Crippen molar-refractivity contribution in [2.24, 2.45) is 17.8 Å². The van der Waals surface area contributed by atoms with E-state index < -0.39 is 0 Å². The Hall–Kier alpha value is -1.02. The lowest BCUT2D eigenvalue weighted by Crippen LogP contribution is -2.34. The zero-order chi connectivity index (χ0) is 15.4. The lowest BCUT2D eigenvalue weighted by atomic mass is 9.96. The molecule has 0 aliphatic heterocycles. The van der Waals surface area contributed by atoms with Gasteiger partial charge in [-0.15, -0.1) is 0 Å². The summed E-state index contributed by atoms with van der Waals surface area (Å²) in [5, 5.41) is 3.80. The van der Waals surface area contributed by atoms with E-state index in [1.54, 1.807) is 0 Å². The molecule has 0 bridgehead atoms. The molecule has 1 N–H and O–H groups in total. The van der Waals surface area contributed by atoms with Gasteiger partial charge in [-0.2, -0.15) is 0 Å². The van der Waals surface area contributed by atoms with Gasteiger partial charge in [0.05, 0.1) is 6.61 Å². The minimum atomic E-state index is 0.405. The van der Waals surface area contributed by atoms with E-state index in [1.165, 1.54) is 18.4 Å². The van der Waals surface area contributed by atoms with Crippen LogP contribution in [0, 0.1) is 17.8 Å². The molecule has 4 unspecified atom stereocenters. The molecule has 1 aromatic carbocycles. The Labute approximate surface area is 130 Å². The van der Waals surface area contributed by atoms with Crippen molar-refractivity contribution in [3.63, 3.8) is 0 Å². The predicted octanol–water partition coefficient (Wildman–Crippen LogP) is 4.81. The first-order chi connectivity index (χ1) is 9.97. The fraction of sp³-hybridized carbons (Fsp3) is 0.684. The van der Waals surface area contributed by atoms with Crippen LogP contribution >= 0.6 is 0 Å². The second-order valence-corrected chi connectivity index (χ2v) is 7.18. The van der Waals surface area contributed by atoms with Gasteiger partial charge in [0.15, 0.2) is 0 Å². The molecule has 4 atom stereocenters. The van der Waals surface area contributed by atoms with Crippen molar-refractivity contribution in [3.8, 4) is 5.75 Å². The van der Waals surface area contributed by atoms with Gasteiger partial charge in [-0.05, 0) is 55.2 Å². The third-order valence-corrected chi connectivity index (χ3v) is 4.89. The first-order valence-corrected chi connectivity index (χ1v) is 8.46. The van der Waals surface area contributed by atoms with E-state index in [0.717, 1.165) is 24.2 Å². The van der Waals surface area contributed by atoms with Crippen molar-refractivity contribution >= 4 is 0 Å². The maximum atomic E-state index is 5.75. The van der Waals surface area contributed by atoms with Crippen molar-refractivity contribution in [3.05, 3.63) is 29.8 Å². The molecule has 0 saturated heterocycles. The first kappa shape index (κ1) is 16.4. The Morgan fingerprint density at radius 3 is 2.29 bits per heavy atom. The molecule has 2 heteroatoms. The summed E-state index contributed by atoms with van der Waals surface area (Å²) < 4.78 is 5.75. The average molecular weight is 289 g/mol. The standard InChI is InChI=1S/C19H31NO/c1-13(2)12-21-18-9-7-17(8-10-18)16(5)20-19-11-6-14(3)15(19)4/h7-10,13-16,19-20H,6,11-12H2,1-5H3. The van der Waals surface area contributed by atoms with Gasteiger partial charge >= 0.3 is 0 Å². The predicted molar refractivity (Wildman–Crippen MR) is 89.7 cm³/mol. The molecule has 118 valence electrons. The van der Waals surface area contributed by atoms with Crippen LogP contribution in [0.2, 0.25) is 0 Å². The molecule has 2 nitrogen and oxygen atoms in total. The van der Waals surface area contributed by atoms with Crippen LogP contribution in [0.3, 0.4) is 0 Å². The fourth-order valence-corrected chi connectivity index (χ4v) is 3.13. The van der Waals surface area contributed by atoms with Crippen LogP contribution in [0.5, 0.6) is 5.75 Å². The fourth-order valence-electron chi connectivity index (χ4n) is 3.13. The van der Waals surface area contributed by atoms with E-state index in [1.807, 2.05) is 0 Å². The smallest absolute Gasteiger partial charge is 0.119 e. The maximum absolute atomic E-state index is 5.75. The summed E-state index contributed by atoms with van der Waals surface area (Å²) in [4.78, 5) is 0. The zero-order valence-electron chi connectivity index (χ0n) is 14.2. The van der Waals surface area contributed by atoms with E-state index in [9.17, 15) is 0 Å². The van der Waals surface area contributed by atoms with E-state index in [2.05, 4.69) is 64.2 Å². The minimum absolute atomic E-state index is 0.405. The molecule has 1 aromatic rings. The lowest BCUT2D eigenvalue weighted by Gasteiger charge is -2.24. The van der Waals surface area contributed by atoms with Crippen LogP contribution in [-0.2, 0) is 0 Å². The van der Waals surface area contributed by atoms with Gasteiger partial charge in [-0.25, -0.2) is 0 Å². The Morgan fingerprint density at radius 2 is 1.76 bits per heavy atom. The van der Waals surface area contributed by atoms with Crippen LogP contribution in [0.25, 0.3) is 0 Å². The normalized spacial score (nSPS) is 27.0. The third-order valence-electron chi connectivity index (χ3n) is 4.89. The van der Waals surface area contributed by atoms with Gasteiger partial charge in [0.1, 0.15) is 5.75 Å². The monoisotopic (exact) mass is 289 g/mol. The Balaban J connectivity index is 1.89. The van der Waals surface area contributed by atoms with Crippen molar-refractivity contribution in [2.45, 2.75) is 59.5 Å². The van der Waals surface area contributed by atoms with E-state index in [-0.39, 0.29) is 0 Å². The Kier molecular flexibility index (Phi) is 5.69. The quantitative estimate of drug-likeness (QED) is 0.811. The van der Waals surface area contributed by atoms with Crippen molar-refractivity contribution in [1.29, 1.82) is 0 Å². The highest BCUT2D eigenvalue weighted by Gasteiger charge is 2.30. The molecule has 2 rings (SSSR count). The summed E-state index contributed by atoms with van der Waals surface area (Å²) >= 11 is 0. The van der Waals surface area contributed by atoms with Gasteiger partial charge < -0.3 is 10.1 Å². The molecule has 0 amide bonds. The van der Waals surface area contributed by atoms with Crippen LogP contribution in [0.4, 0.5) is 0 Å². The van der Waals surface area contributed by atoms with Crippen LogP contribution in [-0.4, -0.2) is 12.6 Å². The third kappa shape index (κ3) is 4.47. The molecule has 1 fully saturated rings. The van der Waals surface area contributed by atoms with Crippen LogP contribution in [0.1, 0.15) is 59.1 Å². The van der Waals surface area contributed by atoms with Gasteiger partial charge in [0.25, 0.3) is 0 Å². The molecule has 0 spiro atoms. The summed E-state index contributed by atoms with van der Waals surface area (Å²) in [6.45, 7) is 12.1. The van der Waals surface area contributed by atoms with Gasteiger partial charge in [0, 0.05) is 12.1 Å². The summed E-state index contributed by atoms with van der Waals surface area (Å²) in [7, 11) is 0. The summed E-state index contributed by atoms with van der Waals surface area (Å²) in [5.74, 6) is 3.17. The summed E-state index contributed by atoms with van der Waals surface area (Å²) in [6.07, 6.45) is 2.66. The molecule has 0 radical (unpaired) electrons. The highest BCUT2D eigenvalue weighted by atomic mass is 16.5. The maximum Gasteiger partial charge on any atom is 0.119 e. The second-order valence-electron chi connectivity index (χ2n) is 7.18. The molecular weight excluding hydrogens is 258 g/mol. The summed E-state index contributed by atoms with van der Waals surface area (Å²) in [5.41, 5.74) is 1.35. The summed E-state index contributed by atoms with van der Waals surface area (Å²) in [6, 6.07) is 9.63.